The highest BCUT2D eigenvalue weighted by Gasteiger charge is 2.17. The molecule has 4 nitrogen and oxygen atoms in total. The fourth-order valence-electron chi connectivity index (χ4n) is 4.94. The first-order chi connectivity index (χ1) is 18.0. The molecular weight excluding hydrogens is 454 g/mol. The molecule has 5 rings (SSSR count). The Morgan fingerprint density at radius 1 is 0.892 bits per heavy atom. The molecule has 0 saturated heterocycles. The van der Waals surface area contributed by atoms with Gasteiger partial charge in [-0.25, -0.2) is 0 Å². The van der Waals surface area contributed by atoms with E-state index in [1.807, 2.05) is 49.4 Å². The maximum Gasteiger partial charge on any atom is 0.251 e. The van der Waals surface area contributed by atoms with Crippen molar-refractivity contribution in [3.8, 4) is 17.2 Å². The van der Waals surface area contributed by atoms with Crippen molar-refractivity contribution in [2.24, 2.45) is 0 Å². The van der Waals surface area contributed by atoms with Gasteiger partial charge in [0.05, 0.1) is 17.7 Å². The highest BCUT2D eigenvalue weighted by atomic mass is 16.1. The maximum absolute atomic E-state index is 13.1. The number of aromatic nitrogens is 1. The summed E-state index contributed by atoms with van der Waals surface area (Å²) in [6.07, 6.45) is 0. The Balaban J connectivity index is 1.39. The summed E-state index contributed by atoms with van der Waals surface area (Å²) in [5, 5.41) is 13.5. The van der Waals surface area contributed by atoms with Crippen LogP contribution in [0.15, 0.2) is 97.1 Å². The van der Waals surface area contributed by atoms with Crippen molar-refractivity contribution in [2.75, 3.05) is 0 Å². The second-order valence-electron chi connectivity index (χ2n) is 9.49. The van der Waals surface area contributed by atoms with Gasteiger partial charge in [0, 0.05) is 28.7 Å². The molecule has 0 unspecified atom stereocenters. The van der Waals surface area contributed by atoms with Crippen molar-refractivity contribution >= 4 is 16.8 Å². The predicted octanol–water partition coefficient (Wildman–Crippen LogP) is 7.34. The average Bonchev–Trinajstić information content (AvgIpc) is 3.18. The number of nitrogens with zero attached hydrogens (tertiary/aromatic N) is 2. The minimum Gasteiger partial charge on any atom is -0.345 e. The SMILES string of the molecule is Cc1c(C)n(Cc2ccc(-c3ccccc3)cc2)c2ccc(C(=O)N[C@H](C)c3ccccc3C#N)cc12. The van der Waals surface area contributed by atoms with Crippen molar-refractivity contribution in [3.05, 3.63) is 131 Å². The fourth-order valence-corrected chi connectivity index (χ4v) is 4.94. The van der Waals surface area contributed by atoms with Crippen LogP contribution in [0, 0.1) is 25.2 Å². The number of carbonyl (C=O) groups excluding carboxylic acids is 1. The van der Waals surface area contributed by atoms with E-state index in [2.05, 4.69) is 78.3 Å². The average molecular weight is 484 g/mol. The second kappa shape index (κ2) is 10.2. The molecule has 5 aromatic rings. The molecule has 0 aliphatic carbocycles. The van der Waals surface area contributed by atoms with Crippen molar-refractivity contribution in [2.45, 2.75) is 33.4 Å². The number of fused-ring (bicyclic) bond motifs is 1. The van der Waals surface area contributed by atoms with E-state index in [1.54, 1.807) is 6.07 Å². The van der Waals surface area contributed by atoms with Gasteiger partial charge in [-0.3, -0.25) is 4.79 Å². The van der Waals surface area contributed by atoms with Crippen molar-refractivity contribution in [1.29, 1.82) is 5.26 Å². The zero-order chi connectivity index (χ0) is 25.9. The molecular formula is C33H29N3O. The first-order valence-corrected chi connectivity index (χ1v) is 12.5. The van der Waals surface area contributed by atoms with Gasteiger partial charge in [-0.05, 0) is 72.9 Å². The Hall–Kier alpha value is -4.62. The lowest BCUT2D eigenvalue weighted by Gasteiger charge is -2.16. The third-order valence-corrected chi connectivity index (χ3v) is 7.20. The lowest BCUT2D eigenvalue weighted by atomic mass is 10.0. The van der Waals surface area contributed by atoms with Crippen LogP contribution >= 0.6 is 0 Å². The highest BCUT2D eigenvalue weighted by Crippen LogP contribution is 2.28. The van der Waals surface area contributed by atoms with Crippen molar-refractivity contribution in [3.63, 3.8) is 0 Å². The van der Waals surface area contributed by atoms with Crippen molar-refractivity contribution in [1.82, 2.24) is 9.88 Å². The van der Waals surface area contributed by atoms with Gasteiger partial charge in [0.25, 0.3) is 5.91 Å². The Labute approximate surface area is 217 Å². The molecule has 0 aliphatic rings. The van der Waals surface area contributed by atoms with E-state index in [9.17, 15) is 10.1 Å². The van der Waals surface area contributed by atoms with Gasteiger partial charge < -0.3 is 9.88 Å². The largest absolute Gasteiger partial charge is 0.345 e. The molecule has 1 amide bonds. The van der Waals surface area contributed by atoms with Crippen LogP contribution in [0.2, 0.25) is 0 Å². The molecule has 1 atom stereocenters. The molecule has 0 spiro atoms. The van der Waals surface area contributed by atoms with E-state index in [-0.39, 0.29) is 11.9 Å². The van der Waals surface area contributed by atoms with Crippen LogP contribution < -0.4 is 5.32 Å². The van der Waals surface area contributed by atoms with Crippen LogP contribution in [0.3, 0.4) is 0 Å². The normalized spacial score (nSPS) is 11.7. The zero-order valence-corrected chi connectivity index (χ0v) is 21.3. The number of rotatable bonds is 6. The van der Waals surface area contributed by atoms with Crippen LogP contribution in [-0.2, 0) is 6.54 Å². The van der Waals surface area contributed by atoms with E-state index < -0.39 is 0 Å². The lowest BCUT2D eigenvalue weighted by molar-refractivity contribution is 0.0940. The standard InChI is InChI=1S/C33H29N3O/c1-22-24(3)36(21-25-13-15-27(16-14-25)26-9-5-4-6-10-26)32-18-17-28(19-31(22)32)33(37)35-23(2)30-12-8-7-11-29(30)20-34/h4-19,23H,21H2,1-3H3,(H,35,37)/t23-/m1/s1. The van der Waals surface area contributed by atoms with E-state index in [0.29, 0.717) is 11.1 Å². The van der Waals surface area contributed by atoms with Crippen LogP contribution in [0.25, 0.3) is 22.0 Å². The smallest absolute Gasteiger partial charge is 0.251 e. The monoisotopic (exact) mass is 483 g/mol. The molecule has 0 bridgehead atoms. The summed E-state index contributed by atoms with van der Waals surface area (Å²) in [5.74, 6) is -0.150. The summed E-state index contributed by atoms with van der Waals surface area (Å²) in [5.41, 5.74) is 9.13. The molecule has 0 aliphatic heterocycles. The molecule has 1 aromatic heterocycles. The van der Waals surface area contributed by atoms with Crippen LogP contribution in [-0.4, -0.2) is 10.5 Å². The summed E-state index contributed by atoms with van der Waals surface area (Å²) in [7, 11) is 0. The molecule has 4 heteroatoms. The second-order valence-corrected chi connectivity index (χ2v) is 9.49. The quantitative estimate of drug-likeness (QED) is 0.275. The van der Waals surface area contributed by atoms with E-state index in [1.165, 1.54) is 27.9 Å². The lowest BCUT2D eigenvalue weighted by Crippen LogP contribution is -2.27. The first kappa shape index (κ1) is 24.1. The molecule has 1 heterocycles. The Bertz CT molecular complexity index is 1620. The maximum atomic E-state index is 13.1. The number of carbonyl (C=O) groups is 1. The van der Waals surface area contributed by atoms with E-state index in [4.69, 9.17) is 0 Å². The van der Waals surface area contributed by atoms with E-state index in [0.717, 1.165) is 23.0 Å². The van der Waals surface area contributed by atoms with Gasteiger partial charge in [0.1, 0.15) is 0 Å². The molecule has 1 N–H and O–H groups in total. The summed E-state index contributed by atoms with van der Waals surface area (Å²) >= 11 is 0. The minimum absolute atomic E-state index is 0.150. The number of nitriles is 1. The van der Waals surface area contributed by atoms with Gasteiger partial charge >= 0.3 is 0 Å². The number of nitrogens with one attached hydrogen (secondary N) is 1. The zero-order valence-electron chi connectivity index (χ0n) is 21.3. The van der Waals surface area contributed by atoms with Gasteiger partial charge in [-0.2, -0.15) is 5.26 Å². The van der Waals surface area contributed by atoms with Crippen LogP contribution in [0.4, 0.5) is 0 Å². The highest BCUT2D eigenvalue weighted by molar-refractivity contribution is 5.99. The summed E-state index contributed by atoms with van der Waals surface area (Å²) in [4.78, 5) is 13.1. The third kappa shape index (κ3) is 4.77. The van der Waals surface area contributed by atoms with Crippen LogP contribution in [0.1, 0.15) is 51.3 Å². The van der Waals surface area contributed by atoms with Gasteiger partial charge in [-0.1, -0.05) is 72.8 Å². The summed E-state index contributed by atoms with van der Waals surface area (Å²) in [6.45, 7) is 6.91. The number of benzene rings is 4. The topological polar surface area (TPSA) is 57.8 Å². The molecule has 0 saturated carbocycles. The molecule has 0 fully saturated rings. The van der Waals surface area contributed by atoms with Crippen LogP contribution in [0.5, 0.6) is 0 Å². The predicted molar refractivity (Wildman–Crippen MR) is 149 cm³/mol. The number of hydrogen-bond donors (Lipinski definition) is 1. The van der Waals surface area contributed by atoms with Crippen molar-refractivity contribution < 1.29 is 4.79 Å². The van der Waals surface area contributed by atoms with E-state index >= 15 is 0 Å². The number of amides is 1. The Morgan fingerprint density at radius 2 is 1.57 bits per heavy atom. The Kier molecular flexibility index (Phi) is 6.62. The molecule has 0 radical (unpaired) electrons. The summed E-state index contributed by atoms with van der Waals surface area (Å²) in [6, 6.07) is 34.3. The number of aryl methyl sites for hydroxylation is 1. The number of hydrogen-bond acceptors (Lipinski definition) is 2. The Morgan fingerprint density at radius 3 is 2.30 bits per heavy atom. The molecule has 182 valence electrons. The summed E-state index contributed by atoms with van der Waals surface area (Å²) < 4.78 is 2.32. The third-order valence-electron chi connectivity index (χ3n) is 7.20. The van der Waals surface area contributed by atoms with Gasteiger partial charge in [-0.15, -0.1) is 0 Å². The van der Waals surface area contributed by atoms with Gasteiger partial charge in [0.2, 0.25) is 0 Å². The molecule has 4 aromatic carbocycles. The molecule has 37 heavy (non-hydrogen) atoms. The minimum atomic E-state index is -0.273. The van der Waals surface area contributed by atoms with Gasteiger partial charge in [0.15, 0.2) is 0 Å². The fraction of sp³-hybridized carbons (Fsp3) is 0.152. The first-order valence-electron chi connectivity index (χ1n) is 12.5.